The lowest BCUT2D eigenvalue weighted by atomic mass is 9.94. The van der Waals surface area contributed by atoms with E-state index >= 15 is 0 Å². The van der Waals surface area contributed by atoms with E-state index in [0.29, 0.717) is 16.0 Å². The minimum atomic E-state index is 0.167. The van der Waals surface area contributed by atoms with E-state index in [1.165, 1.54) is 16.0 Å². The second-order valence-corrected chi connectivity index (χ2v) is 8.99. The smallest absolute Gasteiger partial charge is 0.226 e. The highest BCUT2D eigenvalue weighted by Gasteiger charge is 2.30. The number of piperidine rings is 1. The van der Waals surface area contributed by atoms with E-state index in [-0.39, 0.29) is 5.92 Å². The topological polar surface area (TPSA) is 23.6 Å². The van der Waals surface area contributed by atoms with Crippen LogP contribution >= 0.6 is 34.5 Å². The Labute approximate surface area is 168 Å². The van der Waals surface area contributed by atoms with Crippen LogP contribution in [0.3, 0.4) is 0 Å². The molecule has 4 rings (SSSR count). The zero-order valence-electron chi connectivity index (χ0n) is 14.6. The van der Waals surface area contributed by atoms with Crippen molar-refractivity contribution in [3.8, 4) is 0 Å². The van der Waals surface area contributed by atoms with Crippen molar-refractivity contribution in [3.63, 3.8) is 0 Å². The van der Waals surface area contributed by atoms with Crippen LogP contribution in [0.15, 0.2) is 29.6 Å². The molecule has 2 aliphatic rings. The Kier molecular flexibility index (Phi) is 5.55. The Hall–Kier alpha value is -1.07. The molecular weight excluding hydrogens is 387 g/mol. The summed E-state index contributed by atoms with van der Waals surface area (Å²) in [6, 6.07) is 7.98. The number of carbonyl (C=O) groups is 1. The molecule has 0 N–H and O–H groups in total. The molecule has 1 aromatic carbocycles. The summed E-state index contributed by atoms with van der Waals surface area (Å²) in [4.78, 5) is 18.8. The lowest BCUT2D eigenvalue weighted by Gasteiger charge is -2.35. The zero-order valence-corrected chi connectivity index (χ0v) is 16.9. The highest BCUT2D eigenvalue weighted by atomic mass is 35.5. The maximum absolute atomic E-state index is 12.9. The SMILES string of the molecule is O=C(C1CCN(Cc2ccc(Cl)c(Cl)c2)CC1)N1CCc2sccc2C1. The Morgan fingerprint density at radius 2 is 1.92 bits per heavy atom. The van der Waals surface area contributed by atoms with E-state index in [1.807, 2.05) is 29.5 Å². The van der Waals surface area contributed by atoms with Gasteiger partial charge in [-0.1, -0.05) is 29.3 Å². The van der Waals surface area contributed by atoms with Gasteiger partial charge in [0.15, 0.2) is 0 Å². The van der Waals surface area contributed by atoms with Gasteiger partial charge < -0.3 is 4.90 Å². The Morgan fingerprint density at radius 3 is 2.69 bits per heavy atom. The van der Waals surface area contributed by atoms with Gasteiger partial charge in [-0.3, -0.25) is 9.69 Å². The van der Waals surface area contributed by atoms with Gasteiger partial charge in [-0.2, -0.15) is 0 Å². The third-order valence-corrected chi connectivity index (χ3v) is 7.21. The quantitative estimate of drug-likeness (QED) is 0.724. The maximum Gasteiger partial charge on any atom is 0.226 e. The second-order valence-electron chi connectivity index (χ2n) is 7.18. The van der Waals surface area contributed by atoms with Gasteiger partial charge in [0.2, 0.25) is 5.91 Å². The van der Waals surface area contributed by atoms with Crippen LogP contribution in [0.5, 0.6) is 0 Å². The van der Waals surface area contributed by atoms with Crippen molar-refractivity contribution in [2.75, 3.05) is 19.6 Å². The number of rotatable bonds is 3. The van der Waals surface area contributed by atoms with Gasteiger partial charge in [-0.05, 0) is 67.1 Å². The number of carbonyl (C=O) groups excluding carboxylic acids is 1. The predicted molar refractivity (Wildman–Crippen MR) is 108 cm³/mol. The van der Waals surface area contributed by atoms with E-state index in [4.69, 9.17) is 23.2 Å². The van der Waals surface area contributed by atoms with Crippen LogP contribution in [0.4, 0.5) is 0 Å². The molecule has 3 heterocycles. The number of nitrogens with zero attached hydrogens (tertiary/aromatic N) is 2. The van der Waals surface area contributed by atoms with Crippen LogP contribution < -0.4 is 0 Å². The molecule has 0 spiro atoms. The van der Waals surface area contributed by atoms with Gasteiger partial charge in [0, 0.05) is 30.4 Å². The molecule has 26 heavy (non-hydrogen) atoms. The van der Waals surface area contributed by atoms with Crippen molar-refractivity contribution in [1.82, 2.24) is 9.80 Å². The fourth-order valence-electron chi connectivity index (χ4n) is 3.93. The average Bonchev–Trinajstić information content (AvgIpc) is 3.12. The van der Waals surface area contributed by atoms with Crippen LogP contribution in [0.25, 0.3) is 0 Å². The lowest BCUT2D eigenvalue weighted by molar-refractivity contribution is -0.138. The number of amides is 1. The van der Waals surface area contributed by atoms with E-state index in [2.05, 4.69) is 21.2 Å². The molecule has 0 atom stereocenters. The Balaban J connectivity index is 1.30. The van der Waals surface area contributed by atoms with Crippen molar-refractivity contribution in [1.29, 1.82) is 0 Å². The molecule has 6 heteroatoms. The molecule has 0 radical (unpaired) electrons. The highest BCUT2D eigenvalue weighted by molar-refractivity contribution is 7.10. The Bertz CT molecular complexity index is 799. The Morgan fingerprint density at radius 1 is 1.12 bits per heavy atom. The fourth-order valence-corrected chi connectivity index (χ4v) is 5.14. The van der Waals surface area contributed by atoms with E-state index in [9.17, 15) is 4.79 Å². The van der Waals surface area contributed by atoms with E-state index < -0.39 is 0 Å². The lowest BCUT2D eigenvalue weighted by Crippen LogP contribution is -2.43. The molecule has 1 amide bonds. The first-order chi connectivity index (χ1) is 12.6. The van der Waals surface area contributed by atoms with E-state index in [1.54, 1.807) is 0 Å². The van der Waals surface area contributed by atoms with Gasteiger partial charge in [0.05, 0.1) is 10.0 Å². The van der Waals surface area contributed by atoms with Gasteiger partial charge >= 0.3 is 0 Å². The van der Waals surface area contributed by atoms with Crippen LogP contribution in [-0.2, 0) is 24.3 Å². The fraction of sp³-hybridized carbons (Fsp3) is 0.450. The van der Waals surface area contributed by atoms with Crippen LogP contribution in [0, 0.1) is 5.92 Å². The summed E-state index contributed by atoms with van der Waals surface area (Å²) >= 11 is 13.9. The van der Waals surface area contributed by atoms with Crippen molar-refractivity contribution in [2.45, 2.75) is 32.4 Å². The maximum atomic E-state index is 12.9. The van der Waals surface area contributed by atoms with Crippen molar-refractivity contribution in [3.05, 3.63) is 55.7 Å². The summed E-state index contributed by atoms with van der Waals surface area (Å²) < 4.78 is 0. The number of thiophene rings is 1. The summed E-state index contributed by atoms with van der Waals surface area (Å²) in [6.07, 6.45) is 2.88. The molecule has 3 nitrogen and oxygen atoms in total. The third-order valence-electron chi connectivity index (χ3n) is 5.45. The molecule has 0 bridgehead atoms. The predicted octanol–water partition coefficient (Wildman–Crippen LogP) is 4.85. The number of likely N-dealkylation sites (tertiary alicyclic amines) is 1. The van der Waals surface area contributed by atoms with Gasteiger partial charge in [-0.15, -0.1) is 11.3 Å². The second kappa shape index (κ2) is 7.89. The summed E-state index contributed by atoms with van der Waals surface area (Å²) in [5.41, 5.74) is 2.51. The van der Waals surface area contributed by atoms with Crippen LogP contribution in [-0.4, -0.2) is 35.3 Å². The monoisotopic (exact) mass is 408 g/mol. The third kappa shape index (κ3) is 3.94. The summed E-state index contributed by atoms with van der Waals surface area (Å²) in [7, 11) is 0. The first kappa shape index (κ1) is 18.3. The average molecular weight is 409 g/mol. The summed E-state index contributed by atoms with van der Waals surface area (Å²) in [5.74, 6) is 0.510. The molecule has 1 fully saturated rings. The molecule has 0 unspecified atom stereocenters. The van der Waals surface area contributed by atoms with Crippen LogP contribution in [0.1, 0.15) is 28.8 Å². The standard InChI is InChI=1S/C20H22Cl2N2OS/c21-17-2-1-14(11-18(17)22)12-23-7-3-15(4-8-23)20(25)24-9-5-19-16(13-24)6-10-26-19/h1-2,6,10-11,15H,3-5,7-9,12-13H2. The molecule has 1 aromatic heterocycles. The number of hydrogen-bond donors (Lipinski definition) is 0. The van der Waals surface area contributed by atoms with Gasteiger partial charge in [0.25, 0.3) is 0 Å². The normalized spacial score (nSPS) is 18.8. The first-order valence-electron chi connectivity index (χ1n) is 9.10. The van der Waals surface area contributed by atoms with Crippen molar-refractivity contribution in [2.24, 2.45) is 5.92 Å². The zero-order chi connectivity index (χ0) is 18.1. The molecule has 0 saturated carbocycles. The van der Waals surface area contributed by atoms with Gasteiger partial charge in [0.1, 0.15) is 0 Å². The largest absolute Gasteiger partial charge is 0.338 e. The van der Waals surface area contributed by atoms with E-state index in [0.717, 1.165) is 52.0 Å². The molecule has 138 valence electrons. The van der Waals surface area contributed by atoms with Crippen LogP contribution in [0.2, 0.25) is 10.0 Å². The summed E-state index contributed by atoms with van der Waals surface area (Å²) in [6.45, 7) is 4.43. The van der Waals surface area contributed by atoms with Gasteiger partial charge in [-0.25, -0.2) is 0 Å². The molecule has 0 aliphatic carbocycles. The number of halogens is 2. The minimum Gasteiger partial charge on any atom is -0.338 e. The first-order valence-corrected chi connectivity index (χ1v) is 10.7. The number of benzene rings is 1. The molecule has 1 saturated heterocycles. The number of hydrogen-bond acceptors (Lipinski definition) is 3. The van der Waals surface area contributed by atoms with Crippen molar-refractivity contribution < 1.29 is 4.79 Å². The summed E-state index contributed by atoms with van der Waals surface area (Å²) in [5, 5.41) is 3.34. The minimum absolute atomic E-state index is 0.167. The molecule has 2 aliphatic heterocycles. The molecular formula is C20H22Cl2N2OS. The highest BCUT2D eigenvalue weighted by Crippen LogP contribution is 2.28. The van der Waals surface area contributed by atoms with Crippen molar-refractivity contribution >= 4 is 40.4 Å². The molecule has 2 aromatic rings. The number of fused-ring (bicyclic) bond motifs is 1.